The zero-order chi connectivity index (χ0) is 10.3. The van der Waals surface area contributed by atoms with E-state index in [0.29, 0.717) is 6.07 Å². The molecule has 2 rings (SSSR count). The highest BCUT2D eigenvalue weighted by molar-refractivity contribution is 5.36. The van der Waals surface area contributed by atoms with Crippen LogP contribution in [0.4, 0.5) is 13.2 Å². The van der Waals surface area contributed by atoms with Crippen molar-refractivity contribution in [2.24, 2.45) is 0 Å². The zero-order valence-electron chi connectivity index (χ0n) is 6.67. The van der Waals surface area contributed by atoms with E-state index in [1.165, 1.54) is 12.3 Å². The van der Waals surface area contributed by atoms with Gasteiger partial charge in [-0.05, 0) is 0 Å². The molecular weight excluding hydrogens is 199 g/mol. The summed E-state index contributed by atoms with van der Waals surface area (Å²) in [5.74, 6) is 0. The first-order chi connectivity index (χ1) is 6.48. The summed E-state index contributed by atoms with van der Waals surface area (Å²) in [4.78, 5) is 14.4. The second-order valence-electron chi connectivity index (χ2n) is 2.63. The lowest BCUT2D eigenvalue weighted by Crippen LogP contribution is -2.19. The summed E-state index contributed by atoms with van der Waals surface area (Å²) in [6, 6.07) is 1.74. The van der Waals surface area contributed by atoms with Gasteiger partial charge in [0, 0.05) is 18.3 Å². The zero-order valence-corrected chi connectivity index (χ0v) is 6.67. The first kappa shape index (κ1) is 8.79. The van der Waals surface area contributed by atoms with E-state index in [-0.39, 0.29) is 5.65 Å². The Kier molecular flexibility index (Phi) is 1.63. The second kappa shape index (κ2) is 2.60. The van der Waals surface area contributed by atoms with Crippen molar-refractivity contribution in [3.63, 3.8) is 0 Å². The number of H-pyrrole nitrogens is 1. The minimum absolute atomic E-state index is 0.0511. The summed E-state index contributed by atoms with van der Waals surface area (Å²) in [5, 5.41) is 2.44. The number of hydrogen-bond acceptors (Lipinski definition) is 2. The number of rotatable bonds is 0. The fourth-order valence-corrected chi connectivity index (χ4v) is 1.07. The van der Waals surface area contributed by atoms with E-state index < -0.39 is 17.4 Å². The molecule has 0 aromatic carbocycles. The molecule has 0 saturated heterocycles. The average Bonchev–Trinajstić information content (AvgIpc) is 2.50. The van der Waals surface area contributed by atoms with E-state index in [9.17, 15) is 18.0 Å². The number of nitrogens with one attached hydrogen (secondary N) is 1. The molecule has 0 spiro atoms. The summed E-state index contributed by atoms with van der Waals surface area (Å²) in [7, 11) is 0. The highest BCUT2D eigenvalue weighted by Crippen LogP contribution is 2.26. The van der Waals surface area contributed by atoms with Gasteiger partial charge in [-0.15, -0.1) is 0 Å². The minimum atomic E-state index is -4.59. The van der Waals surface area contributed by atoms with Crippen LogP contribution in [0.5, 0.6) is 0 Å². The topological polar surface area (TPSA) is 50.2 Å². The highest BCUT2D eigenvalue weighted by Gasteiger charge is 2.33. The first-order valence-corrected chi connectivity index (χ1v) is 3.63. The number of nitrogens with zero attached hydrogens (tertiary/aromatic N) is 2. The number of halogens is 3. The standard InChI is InChI=1S/C7H4F3N3O/c8-7(9,10)4-3-6(14)13-5(12-4)1-2-11-13/h1-3,11H. The fourth-order valence-electron chi connectivity index (χ4n) is 1.07. The van der Waals surface area contributed by atoms with Crippen molar-refractivity contribution in [1.82, 2.24) is 14.6 Å². The monoisotopic (exact) mass is 203 g/mol. The lowest BCUT2D eigenvalue weighted by Gasteiger charge is -2.04. The molecular formula is C7H4F3N3O. The van der Waals surface area contributed by atoms with Crippen LogP contribution in [0, 0.1) is 0 Å². The molecule has 0 unspecified atom stereocenters. The molecule has 0 bridgehead atoms. The number of hydrogen-bond donors (Lipinski definition) is 1. The van der Waals surface area contributed by atoms with Gasteiger partial charge in [0.25, 0.3) is 5.56 Å². The fraction of sp³-hybridized carbons (Fsp3) is 0.143. The Morgan fingerprint density at radius 3 is 2.79 bits per heavy atom. The molecule has 2 aromatic rings. The van der Waals surface area contributed by atoms with Gasteiger partial charge in [-0.25, -0.2) is 9.50 Å². The third kappa shape index (κ3) is 1.26. The van der Waals surface area contributed by atoms with E-state index in [0.717, 1.165) is 4.52 Å². The highest BCUT2D eigenvalue weighted by atomic mass is 19.4. The third-order valence-electron chi connectivity index (χ3n) is 1.67. The van der Waals surface area contributed by atoms with Gasteiger partial charge in [0.15, 0.2) is 11.3 Å². The molecule has 0 fully saturated rings. The number of alkyl halides is 3. The lowest BCUT2D eigenvalue weighted by molar-refractivity contribution is -0.141. The molecule has 2 aromatic heterocycles. The van der Waals surface area contributed by atoms with Gasteiger partial charge in [-0.2, -0.15) is 13.2 Å². The summed E-state index contributed by atoms with van der Waals surface area (Å²) in [5.41, 5.74) is -2.01. The van der Waals surface area contributed by atoms with Crippen LogP contribution >= 0.6 is 0 Å². The van der Waals surface area contributed by atoms with E-state index in [4.69, 9.17) is 0 Å². The van der Waals surface area contributed by atoms with Crippen molar-refractivity contribution >= 4 is 5.65 Å². The van der Waals surface area contributed by atoms with Crippen LogP contribution in [0.2, 0.25) is 0 Å². The molecule has 0 atom stereocenters. The van der Waals surface area contributed by atoms with Crippen LogP contribution in [0.25, 0.3) is 5.65 Å². The van der Waals surface area contributed by atoms with Crippen molar-refractivity contribution < 1.29 is 13.2 Å². The Morgan fingerprint density at radius 1 is 1.43 bits per heavy atom. The summed E-state index contributed by atoms with van der Waals surface area (Å²) in [6.07, 6.45) is -3.25. The summed E-state index contributed by atoms with van der Waals surface area (Å²) in [6.45, 7) is 0. The van der Waals surface area contributed by atoms with Crippen molar-refractivity contribution in [2.45, 2.75) is 6.18 Å². The molecule has 1 N–H and O–H groups in total. The molecule has 74 valence electrons. The quantitative estimate of drug-likeness (QED) is 0.695. The Labute approximate surface area is 75.0 Å². The van der Waals surface area contributed by atoms with Gasteiger partial charge in [-0.1, -0.05) is 0 Å². The Balaban J connectivity index is 2.77. The van der Waals surface area contributed by atoms with E-state index in [1.807, 2.05) is 0 Å². The molecule has 4 nitrogen and oxygen atoms in total. The SMILES string of the molecule is O=c1cc(C(F)(F)F)nc2cc[nH]n12. The Hall–Kier alpha value is -1.79. The smallest absolute Gasteiger partial charge is 0.297 e. The number of aromatic amines is 1. The van der Waals surface area contributed by atoms with Crippen molar-refractivity contribution in [1.29, 1.82) is 0 Å². The number of fused-ring (bicyclic) bond motifs is 1. The number of aromatic nitrogens is 3. The van der Waals surface area contributed by atoms with Gasteiger partial charge >= 0.3 is 6.18 Å². The van der Waals surface area contributed by atoms with Gasteiger partial charge < -0.3 is 0 Å². The normalized spacial score (nSPS) is 12.2. The summed E-state index contributed by atoms with van der Waals surface area (Å²) >= 11 is 0. The molecule has 7 heteroatoms. The Morgan fingerprint density at radius 2 is 2.14 bits per heavy atom. The van der Waals surface area contributed by atoms with Crippen molar-refractivity contribution in [3.05, 3.63) is 34.4 Å². The van der Waals surface area contributed by atoms with E-state index in [2.05, 4.69) is 10.1 Å². The van der Waals surface area contributed by atoms with Crippen LogP contribution in [-0.4, -0.2) is 14.6 Å². The van der Waals surface area contributed by atoms with Gasteiger partial charge in [-0.3, -0.25) is 9.89 Å². The van der Waals surface area contributed by atoms with Crippen LogP contribution in [0.1, 0.15) is 5.69 Å². The predicted molar refractivity (Wildman–Crippen MR) is 40.8 cm³/mol. The average molecular weight is 203 g/mol. The maximum atomic E-state index is 12.2. The van der Waals surface area contributed by atoms with E-state index >= 15 is 0 Å². The van der Waals surface area contributed by atoms with Crippen LogP contribution in [-0.2, 0) is 6.18 Å². The minimum Gasteiger partial charge on any atom is -0.297 e. The molecule has 0 saturated carbocycles. The Bertz CT molecular complexity index is 525. The molecule has 2 heterocycles. The van der Waals surface area contributed by atoms with Gasteiger partial charge in [0.2, 0.25) is 0 Å². The van der Waals surface area contributed by atoms with Crippen LogP contribution in [0.15, 0.2) is 23.1 Å². The molecule has 0 aliphatic rings. The van der Waals surface area contributed by atoms with Crippen molar-refractivity contribution in [3.8, 4) is 0 Å². The molecule has 14 heavy (non-hydrogen) atoms. The second-order valence-corrected chi connectivity index (χ2v) is 2.63. The molecule has 0 aliphatic heterocycles. The molecule has 0 amide bonds. The van der Waals surface area contributed by atoms with Crippen LogP contribution < -0.4 is 5.56 Å². The third-order valence-corrected chi connectivity index (χ3v) is 1.67. The molecule has 0 radical (unpaired) electrons. The maximum Gasteiger partial charge on any atom is 0.433 e. The summed E-state index contributed by atoms with van der Waals surface area (Å²) < 4.78 is 37.5. The first-order valence-electron chi connectivity index (χ1n) is 3.63. The largest absolute Gasteiger partial charge is 0.433 e. The maximum absolute atomic E-state index is 12.2. The van der Waals surface area contributed by atoms with Gasteiger partial charge in [0.1, 0.15) is 0 Å². The van der Waals surface area contributed by atoms with E-state index in [1.54, 1.807) is 0 Å². The molecule has 0 aliphatic carbocycles. The lowest BCUT2D eigenvalue weighted by atomic mass is 10.4. The predicted octanol–water partition coefficient (Wildman–Crippen LogP) is 1.04. The van der Waals surface area contributed by atoms with Gasteiger partial charge in [0.05, 0.1) is 0 Å². The van der Waals surface area contributed by atoms with Crippen LogP contribution in [0.3, 0.4) is 0 Å². The van der Waals surface area contributed by atoms with Crippen molar-refractivity contribution in [2.75, 3.05) is 0 Å².